The first-order valence-electron chi connectivity index (χ1n) is 10.6. The minimum Gasteiger partial charge on any atom is -0.465 e. The smallest absolute Gasteiger partial charge is 0.324 e. The van der Waals surface area contributed by atoms with Crippen LogP contribution >= 0.6 is 0 Å². The Bertz CT molecular complexity index is 629. The van der Waals surface area contributed by atoms with Crippen LogP contribution in [0.15, 0.2) is 36.6 Å². The van der Waals surface area contributed by atoms with Gasteiger partial charge in [-0.05, 0) is 31.4 Å². The molecular formula is C24H38O5Si. The van der Waals surface area contributed by atoms with Crippen LogP contribution in [0.2, 0.25) is 11.1 Å². The van der Waals surface area contributed by atoms with Gasteiger partial charge in [0.25, 0.3) is 0 Å². The summed E-state index contributed by atoms with van der Waals surface area (Å²) in [5, 5.41) is 0. The van der Waals surface area contributed by atoms with Gasteiger partial charge in [0.2, 0.25) is 8.32 Å². The molecule has 0 rings (SSSR count). The minimum atomic E-state index is -2.17. The first-order valence-corrected chi connectivity index (χ1v) is 12.7. The molecule has 0 aliphatic rings. The molecule has 0 aliphatic heterocycles. The Morgan fingerprint density at radius 2 is 1.60 bits per heavy atom. The highest BCUT2D eigenvalue weighted by molar-refractivity contribution is 6.81. The van der Waals surface area contributed by atoms with Gasteiger partial charge in [-0.15, -0.1) is 12.3 Å². The zero-order chi connectivity index (χ0) is 23.2. The number of carbonyl (C=O) groups excluding carboxylic acids is 2. The van der Waals surface area contributed by atoms with Crippen LogP contribution in [0.4, 0.5) is 0 Å². The van der Waals surface area contributed by atoms with Crippen LogP contribution in [0, 0.1) is 17.8 Å². The highest BCUT2D eigenvalue weighted by Crippen LogP contribution is 2.35. The molecule has 0 radical (unpaired) electrons. The molecule has 0 atom stereocenters. The molecule has 0 saturated heterocycles. The van der Waals surface area contributed by atoms with E-state index in [0.29, 0.717) is 17.7 Å². The summed E-state index contributed by atoms with van der Waals surface area (Å²) in [6.07, 6.45) is 12.8. The van der Waals surface area contributed by atoms with Crippen LogP contribution in [-0.4, -0.2) is 40.1 Å². The second kappa shape index (κ2) is 14.0. The fraction of sp³-hybridized carbons (Fsp3) is 0.583. The van der Waals surface area contributed by atoms with Crippen LogP contribution in [0.3, 0.4) is 0 Å². The van der Waals surface area contributed by atoms with Crippen molar-refractivity contribution in [1.29, 1.82) is 0 Å². The molecule has 30 heavy (non-hydrogen) atoms. The summed E-state index contributed by atoms with van der Waals surface area (Å²) in [7, 11) is -2.17. The van der Waals surface area contributed by atoms with Crippen LogP contribution in [0.1, 0.15) is 54.4 Å². The molecule has 0 aromatic heterocycles. The standard InChI is InChI=1S/C24H38O5Si/c1-9-13-19-30(20(5)6,21(7)8)29-18-15-14-17-24(16-10-2,22(25)27-11-3)23(26)28-12-4/h2,9,13-15,19-21H,1,11-12,16-18H2,3-8H3/b15-14+,19-13+. The zero-order valence-corrected chi connectivity index (χ0v) is 20.4. The number of hydrogen-bond donors (Lipinski definition) is 0. The summed E-state index contributed by atoms with van der Waals surface area (Å²) in [6, 6.07) is 0. The van der Waals surface area contributed by atoms with Gasteiger partial charge in [0.15, 0.2) is 5.41 Å². The fourth-order valence-electron chi connectivity index (χ4n) is 3.38. The highest BCUT2D eigenvalue weighted by atomic mass is 28.4. The normalized spacial score (nSPS) is 12.5. The SMILES string of the molecule is C#CCC(C/C=C/CO[Si](/C=C/C=C)(C(C)C)C(C)C)(C(=O)OCC)C(=O)OCC. The molecule has 0 heterocycles. The molecule has 0 aliphatic carbocycles. The molecule has 0 fully saturated rings. The lowest BCUT2D eigenvalue weighted by Crippen LogP contribution is -2.43. The lowest BCUT2D eigenvalue weighted by Gasteiger charge is -2.35. The lowest BCUT2D eigenvalue weighted by molar-refractivity contribution is -0.171. The van der Waals surface area contributed by atoms with Crippen molar-refractivity contribution in [1.82, 2.24) is 0 Å². The van der Waals surface area contributed by atoms with Crippen molar-refractivity contribution < 1.29 is 23.5 Å². The third kappa shape index (κ3) is 7.30. The van der Waals surface area contributed by atoms with Gasteiger partial charge >= 0.3 is 11.9 Å². The third-order valence-corrected chi connectivity index (χ3v) is 10.1. The Balaban J connectivity index is 5.55. The summed E-state index contributed by atoms with van der Waals surface area (Å²) < 4.78 is 16.7. The highest BCUT2D eigenvalue weighted by Gasteiger charge is 2.47. The van der Waals surface area contributed by atoms with Crippen molar-refractivity contribution in [3.63, 3.8) is 0 Å². The Morgan fingerprint density at radius 3 is 2.00 bits per heavy atom. The van der Waals surface area contributed by atoms with Gasteiger partial charge < -0.3 is 13.9 Å². The Kier molecular flexibility index (Phi) is 13.0. The third-order valence-electron chi connectivity index (χ3n) is 5.10. The molecular weight excluding hydrogens is 396 g/mol. The van der Waals surface area contributed by atoms with Gasteiger partial charge in [0.1, 0.15) is 0 Å². The van der Waals surface area contributed by atoms with Crippen molar-refractivity contribution in [3.8, 4) is 12.3 Å². The average molecular weight is 435 g/mol. The predicted molar refractivity (Wildman–Crippen MR) is 124 cm³/mol. The van der Waals surface area contributed by atoms with Crippen LogP contribution < -0.4 is 0 Å². The van der Waals surface area contributed by atoms with E-state index >= 15 is 0 Å². The first-order chi connectivity index (χ1) is 14.2. The van der Waals surface area contributed by atoms with Gasteiger partial charge in [-0.25, -0.2) is 0 Å². The van der Waals surface area contributed by atoms with E-state index < -0.39 is 25.7 Å². The number of rotatable bonds is 14. The molecule has 0 spiro atoms. The van der Waals surface area contributed by atoms with Crippen LogP contribution in [-0.2, 0) is 23.5 Å². The van der Waals surface area contributed by atoms with E-state index in [0.717, 1.165) is 0 Å². The van der Waals surface area contributed by atoms with Crippen LogP contribution in [0.25, 0.3) is 0 Å². The van der Waals surface area contributed by atoms with Gasteiger partial charge in [-0.2, -0.15) is 0 Å². The quantitative estimate of drug-likeness (QED) is 0.0947. The summed E-state index contributed by atoms with van der Waals surface area (Å²) in [5.74, 6) is 1.11. The molecule has 0 aromatic carbocycles. The van der Waals surface area contributed by atoms with E-state index in [1.165, 1.54) is 0 Å². The van der Waals surface area contributed by atoms with Gasteiger partial charge in [0, 0.05) is 6.42 Å². The Morgan fingerprint density at radius 1 is 1.07 bits per heavy atom. The summed E-state index contributed by atoms with van der Waals surface area (Å²) >= 11 is 0. The maximum absolute atomic E-state index is 12.6. The van der Waals surface area contributed by atoms with Crippen molar-refractivity contribution in [2.75, 3.05) is 19.8 Å². The number of allylic oxidation sites excluding steroid dienone is 3. The van der Waals surface area contributed by atoms with E-state index in [1.807, 2.05) is 12.2 Å². The van der Waals surface area contributed by atoms with Crippen LogP contribution in [0.5, 0.6) is 0 Å². The zero-order valence-electron chi connectivity index (χ0n) is 19.4. The summed E-state index contributed by atoms with van der Waals surface area (Å²) in [5.41, 5.74) is 1.39. The number of ether oxygens (including phenoxy) is 2. The molecule has 0 bridgehead atoms. The minimum absolute atomic E-state index is 0.0887. The monoisotopic (exact) mass is 434 g/mol. The molecule has 0 unspecified atom stereocenters. The second-order valence-corrected chi connectivity index (χ2v) is 12.3. The molecule has 0 aromatic rings. The molecule has 0 saturated carbocycles. The lowest BCUT2D eigenvalue weighted by atomic mass is 9.81. The fourth-order valence-corrected chi connectivity index (χ4v) is 7.06. The number of hydrogen-bond acceptors (Lipinski definition) is 5. The van der Waals surface area contributed by atoms with E-state index in [-0.39, 0.29) is 26.1 Å². The summed E-state index contributed by atoms with van der Waals surface area (Å²) in [6.45, 7) is 16.5. The van der Waals surface area contributed by atoms with E-state index in [4.69, 9.17) is 20.3 Å². The number of terminal acetylenes is 1. The molecule has 0 amide bonds. The first kappa shape index (κ1) is 27.9. The summed E-state index contributed by atoms with van der Waals surface area (Å²) in [4.78, 5) is 25.2. The van der Waals surface area contributed by atoms with Crippen molar-refractivity contribution in [3.05, 3.63) is 36.6 Å². The van der Waals surface area contributed by atoms with E-state index in [2.05, 4.69) is 45.9 Å². The predicted octanol–water partition coefficient (Wildman–Crippen LogP) is 5.13. The van der Waals surface area contributed by atoms with E-state index in [9.17, 15) is 9.59 Å². The second-order valence-electron chi connectivity index (χ2n) is 7.65. The number of esters is 2. The Labute approximate surface area is 183 Å². The maximum Gasteiger partial charge on any atom is 0.324 e. The van der Waals surface area contributed by atoms with Gasteiger partial charge in [0.05, 0.1) is 19.8 Å². The maximum atomic E-state index is 12.6. The van der Waals surface area contributed by atoms with E-state index in [1.54, 1.807) is 26.0 Å². The molecule has 5 nitrogen and oxygen atoms in total. The average Bonchev–Trinajstić information content (AvgIpc) is 2.69. The van der Waals surface area contributed by atoms with Gasteiger partial charge in [-0.3, -0.25) is 9.59 Å². The largest absolute Gasteiger partial charge is 0.465 e. The topological polar surface area (TPSA) is 61.8 Å². The van der Waals surface area contributed by atoms with Crippen molar-refractivity contribution in [2.24, 2.45) is 5.41 Å². The van der Waals surface area contributed by atoms with Crippen molar-refractivity contribution >= 4 is 20.3 Å². The molecule has 6 heteroatoms. The molecule has 168 valence electrons. The Hall–Kier alpha value is -2.10. The molecule has 0 N–H and O–H groups in total. The van der Waals surface area contributed by atoms with Crippen molar-refractivity contribution in [2.45, 2.75) is 65.5 Å². The number of carbonyl (C=O) groups is 2. The van der Waals surface area contributed by atoms with Gasteiger partial charge in [-0.1, -0.05) is 64.3 Å².